The first-order valence-corrected chi connectivity index (χ1v) is 6.76. The summed E-state index contributed by atoms with van der Waals surface area (Å²) in [5.74, 6) is -0.307. The van der Waals surface area contributed by atoms with Crippen molar-refractivity contribution in [3.05, 3.63) is 0 Å². The molecule has 0 spiro atoms. The Bertz CT molecular complexity index is 322. The largest absolute Gasteiger partial charge is 0.458 e. The average Bonchev–Trinajstić information content (AvgIpc) is 2.41. The first-order chi connectivity index (χ1) is 9.03. The van der Waals surface area contributed by atoms with Crippen molar-refractivity contribution in [1.29, 1.82) is 0 Å². The first kappa shape index (κ1) is 15.8. The maximum Gasteiger partial charge on any atom is 0.322 e. The zero-order chi connectivity index (χ0) is 14.4. The molecule has 6 nitrogen and oxygen atoms in total. The minimum absolute atomic E-state index is 0.0693. The highest BCUT2D eigenvalue weighted by atomic mass is 16.5. The van der Waals surface area contributed by atoms with Gasteiger partial charge in [-0.15, -0.1) is 0 Å². The summed E-state index contributed by atoms with van der Waals surface area (Å²) in [6.07, 6.45) is 0.471. The van der Waals surface area contributed by atoms with Crippen molar-refractivity contribution in [1.82, 2.24) is 9.80 Å². The van der Waals surface area contributed by atoms with Gasteiger partial charge in [0.05, 0.1) is 19.0 Å². The molecule has 0 N–H and O–H groups in total. The standard InChI is InChI=1S/C13H24N2O4/c1-5-10(3)12(16)19-11-7-14(6-2)13(17)15(8-11)9-18-4/h10-11H,5-9H2,1-4H3. The number of esters is 1. The number of urea groups is 1. The van der Waals surface area contributed by atoms with Crippen LogP contribution in [-0.2, 0) is 14.3 Å². The van der Waals surface area contributed by atoms with Gasteiger partial charge in [0.25, 0.3) is 0 Å². The van der Waals surface area contributed by atoms with Gasteiger partial charge in [0.2, 0.25) is 0 Å². The number of nitrogens with zero attached hydrogens (tertiary/aromatic N) is 2. The van der Waals surface area contributed by atoms with Gasteiger partial charge in [0.15, 0.2) is 0 Å². The average molecular weight is 272 g/mol. The number of rotatable bonds is 6. The van der Waals surface area contributed by atoms with Gasteiger partial charge in [0.1, 0.15) is 12.8 Å². The molecule has 6 heteroatoms. The summed E-state index contributed by atoms with van der Waals surface area (Å²) in [4.78, 5) is 27.0. The number of methoxy groups -OCH3 is 1. The number of amides is 2. The van der Waals surface area contributed by atoms with Crippen LogP contribution in [0.25, 0.3) is 0 Å². The van der Waals surface area contributed by atoms with Gasteiger partial charge in [-0.3, -0.25) is 9.69 Å². The predicted molar refractivity (Wildman–Crippen MR) is 70.6 cm³/mol. The Morgan fingerprint density at radius 3 is 2.53 bits per heavy atom. The van der Waals surface area contributed by atoms with Crippen LogP contribution in [0.3, 0.4) is 0 Å². The van der Waals surface area contributed by atoms with Crippen LogP contribution >= 0.6 is 0 Å². The van der Waals surface area contributed by atoms with E-state index in [-0.39, 0.29) is 30.8 Å². The van der Waals surface area contributed by atoms with Crippen LogP contribution in [-0.4, -0.2) is 61.4 Å². The molecule has 1 aliphatic heterocycles. The molecule has 0 saturated carbocycles. The van der Waals surface area contributed by atoms with Crippen LogP contribution in [0.15, 0.2) is 0 Å². The highest BCUT2D eigenvalue weighted by Gasteiger charge is 2.33. The molecule has 1 saturated heterocycles. The van der Waals surface area contributed by atoms with Crippen molar-refractivity contribution >= 4 is 12.0 Å². The Morgan fingerprint density at radius 2 is 2.00 bits per heavy atom. The summed E-state index contributed by atoms with van der Waals surface area (Å²) in [6.45, 7) is 7.36. The highest BCUT2D eigenvalue weighted by Crippen LogP contribution is 2.14. The second-order valence-electron chi connectivity index (χ2n) is 4.83. The molecule has 2 atom stereocenters. The monoisotopic (exact) mass is 272 g/mol. The number of hydrogen-bond acceptors (Lipinski definition) is 4. The van der Waals surface area contributed by atoms with Crippen LogP contribution < -0.4 is 0 Å². The zero-order valence-electron chi connectivity index (χ0n) is 12.2. The molecular weight excluding hydrogens is 248 g/mol. The quantitative estimate of drug-likeness (QED) is 0.684. The maximum atomic E-state index is 12.0. The molecule has 0 aromatic heterocycles. The Kier molecular flexibility index (Phi) is 6.08. The van der Waals surface area contributed by atoms with Gasteiger partial charge in [-0.05, 0) is 13.3 Å². The molecule has 1 aliphatic rings. The second kappa shape index (κ2) is 7.33. The van der Waals surface area contributed by atoms with Gasteiger partial charge in [0, 0.05) is 13.7 Å². The fourth-order valence-corrected chi connectivity index (χ4v) is 1.96. The normalized spacial score (nSPS) is 21.5. The van der Waals surface area contributed by atoms with Crippen LogP contribution in [0.5, 0.6) is 0 Å². The fourth-order valence-electron chi connectivity index (χ4n) is 1.96. The minimum Gasteiger partial charge on any atom is -0.458 e. The smallest absolute Gasteiger partial charge is 0.322 e. The minimum atomic E-state index is -0.283. The molecular formula is C13H24N2O4. The van der Waals surface area contributed by atoms with E-state index in [1.807, 2.05) is 20.8 Å². The lowest BCUT2D eigenvalue weighted by molar-refractivity contribution is -0.157. The van der Waals surface area contributed by atoms with E-state index in [0.717, 1.165) is 6.42 Å². The van der Waals surface area contributed by atoms with Gasteiger partial charge >= 0.3 is 12.0 Å². The molecule has 110 valence electrons. The highest BCUT2D eigenvalue weighted by molar-refractivity contribution is 5.76. The van der Waals surface area contributed by atoms with E-state index in [2.05, 4.69) is 0 Å². The van der Waals surface area contributed by atoms with Crippen LogP contribution in [0.4, 0.5) is 4.79 Å². The maximum absolute atomic E-state index is 12.0. The van der Waals surface area contributed by atoms with E-state index in [1.165, 1.54) is 0 Å². The van der Waals surface area contributed by atoms with Crippen LogP contribution in [0.1, 0.15) is 27.2 Å². The molecule has 0 aliphatic carbocycles. The molecule has 1 rings (SSSR count). The van der Waals surface area contributed by atoms with Crippen molar-refractivity contribution in [2.75, 3.05) is 33.5 Å². The lowest BCUT2D eigenvalue weighted by atomic mass is 10.1. The molecule has 0 aromatic carbocycles. The summed E-state index contributed by atoms with van der Waals surface area (Å²) < 4.78 is 10.5. The van der Waals surface area contributed by atoms with Crippen molar-refractivity contribution in [2.24, 2.45) is 5.92 Å². The van der Waals surface area contributed by atoms with Crippen molar-refractivity contribution < 1.29 is 19.1 Å². The summed E-state index contributed by atoms with van der Waals surface area (Å²) in [7, 11) is 1.54. The molecule has 19 heavy (non-hydrogen) atoms. The van der Waals surface area contributed by atoms with Gasteiger partial charge < -0.3 is 14.4 Å². The van der Waals surface area contributed by atoms with E-state index in [4.69, 9.17) is 9.47 Å². The lowest BCUT2D eigenvalue weighted by Crippen LogP contribution is -2.57. The fraction of sp³-hybridized carbons (Fsp3) is 0.846. The molecule has 2 amide bonds. The number of ether oxygens (including phenoxy) is 2. The number of hydrogen-bond donors (Lipinski definition) is 0. The van der Waals surface area contributed by atoms with E-state index >= 15 is 0 Å². The number of likely N-dealkylation sites (N-methyl/N-ethyl adjacent to an activating group) is 1. The topological polar surface area (TPSA) is 59.1 Å². The third-order valence-corrected chi connectivity index (χ3v) is 3.35. The van der Waals surface area contributed by atoms with Crippen molar-refractivity contribution in [3.8, 4) is 0 Å². The molecule has 2 unspecified atom stereocenters. The summed E-state index contributed by atoms with van der Waals surface area (Å²) in [5.41, 5.74) is 0. The van der Waals surface area contributed by atoms with Crippen LogP contribution in [0.2, 0.25) is 0 Å². The molecule has 0 radical (unpaired) electrons. The number of carbonyl (C=O) groups excluding carboxylic acids is 2. The Hall–Kier alpha value is -1.30. The predicted octanol–water partition coefficient (Wildman–Crippen LogP) is 1.31. The Labute approximate surface area is 114 Å². The summed E-state index contributed by atoms with van der Waals surface area (Å²) in [6, 6.07) is -0.0693. The third-order valence-electron chi connectivity index (χ3n) is 3.35. The second-order valence-corrected chi connectivity index (χ2v) is 4.83. The van der Waals surface area contributed by atoms with Crippen molar-refractivity contribution in [2.45, 2.75) is 33.3 Å². The summed E-state index contributed by atoms with van der Waals surface area (Å²) >= 11 is 0. The van der Waals surface area contributed by atoms with Gasteiger partial charge in [-0.1, -0.05) is 13.8 Å². The molecule has 1 heterocycles. The van der Waals surface area contributed by atoms with E-state index < -0.39 is 0 Å². The molecule has 0 aromatic rings. The van der Waals surface area contributed by atoms with Crippen LogP contribution in [0, 0.1) is 5.92 Å². The Balaban J connectivity index is 2.64. The SMILES string of the molecule is CCC(C)C(=O)OC1CN(CC)C(=O)N(COC)C1. The summed E-state index contributed by atoms with van der Waals surface area (Å²) in [5, 5.41) is 0. The van der Waals surface area contributed by atoms with Gasteiger partial charge in [-0.25, -0.2) is 4.79 Å². The van der Waals surface area contributed by atoms with E-state index in [1.54, 1.807) is 16.9 Å². The molecule has 1 fully saturated rings. The van der Waals surface area contributed by atoms with E-state index in [0.29, 0.717) is 19.6 Å². The lowest BCUT2D eigenvalue weighted by Gasteiger charge is -2.38. The third kappa shape index (κ3) is 4.09. The first-order valence-electron chi connectivity index (χ1n) is 6.76. The zero-order valence-corrected chi connectivity index (χ0v) is 12.2. The van der Waals surface area contributed by atoms with E-state index in [9.17, 15) is 9.59 Å². The Morgan fingerprint density at radius 1 is 1.37 bits per heavy atom. The van der Waals surface area contributed by atoms with Gasteiger partial charge in [-0.2, -0.15) is 0 Å². The molecule has 0 bridgehead atoms. The van der Waals surface area contributed by atoms with Crippen molar-refractivity contribution in [3.63, 3.8) is 0 Å². The number of carbonyl (C=O) groups is 2.